The van der Waals surface area contributed by atoms with Crippen LogP contribution in [0.4, 0.5) is 5.69 Å². The zero-order valence-corrected chi connectivity index (χ0v) is 16.2. The first-order chi connectivity index (χ1) is 12.5. The van der Waals surface area contributed by atoms with Crippen LogP contribution in [0.25, 0.3) is 10.6 Å². The number of hydrogen-bond donors (Lipinski definition) is 1. The van der Waals surface area contributed by atoms with E-state index < -0.39 is 0 Å². The van der Waals surface area contributed by atoms with E-state index in [1.54, 1.807) is 0 Å². The second-order valence-corrected chi connectivity index (χ2v) is 7.61. The average Bonchev–Trinajstić information content (AvgIpc) is 3.03. The van der Waals surface area contributed by atoms with E-state index in [0.29, 0.717) is 5.69 Å². The number of benzene rings is 1. The van der Waals surface area contributed by atoms with E-state index in [4.69, 9.17) is 0 Å². The van der Waals surface area contributed by atoms with E-state index in [0.717, 1.165) is 53.9 Å². The van der Waals surface area contributed by atoms with E-state index >= 15 is 0 Å². The van der Waals surface area contributed by atoms with Crippen LogP contribution in [-0.4, -0.2) is 59.3 Å². The van der Waals surface area contributed by atoms with Crippen molar-refractivity contribution in [2.24, 2.45) is 0 Å². The van der Waals surface area contributed by atoms with Crippen LogP contribution in [0.3, 0.4) is 0 Å². The van der Waals surface area contributed by atoms with Crippen molar-refractivity contribution in [3.8, 4) is 10.6 Å². The summed E-state index contributed by atoms with van der Waals surface area (Å²) < 4.78 is 0. The number of thiazole rings is 1. The predicted octanol–water partition coefficient (Wildman–Crippen LogP) is 2.85. The van der Waals surface area contributed by atoms with Crippen LogP contribution in [0, 0.1) is 6.92 Å². The van der Waals surface area contributed by atoms with Crippen molar-refractivity contribution in [1.29, 1.82) is 0 Å². The molecule has 6 nitrogen and oxygen atoms in total. The SMILES string of the molecule is CCN1CCN(C(=O)c2nc(-c3ccc(NC(C)=O)cc3)sc2C)CC1. The van der Waals surface area contributed by atoms with Crippen molar-refractivity contribution in [3.05, 3.63) is 34.8 Å². The minimum absolute atomic E-state index is 0.0237. The van der Waals surface area contributed by atoms with Gasteiger partial charge in [0.15, 0.2) is 0 Å². The summed E-state index contributed by atoms with van der Waals surface area (Å²) in [6, 6.07) is 7.52. The number of amides is 2. The Hall–Kier alpha value is -2.25. The largest absolute Gasteiger partial charge is 0.335 e. The van der Waals surface area contributed by atoms with Crippen molar-refractivity contribution in [3.63, 3.8) is 0 Å². The fourth-order valence-corrected chi connectivity index (χ4v) is 3.95. The number of anilines is 1. The predicted molar refractivity (Wildman–Crippen MR) is 105 cm³/mol. The van der Waals surface area contributed by atoms with E-state index in [9.17, 15) is 9.59 Å². The highest BCUT2D eigenvalue weighted by molar-refractivity contribution is 7.15. The molecule has 0 saturated carbocycles. The maximum absolute atomic E-state index is 12.8. The van der Waals surface area contributed by atoms with Gasteiger partial charge in [-0.15, -0.1) is 11.3 Å². The van der Waals surface area contributed by atoms with Crippen LogP contribution in [0.1, 0.15) is 29.2 Å². The molecule has 1 aromatic heterocycles. The van der Waals surface area contributed by atoms with Gasteiger partial charge in [-0.3, -0.25) is 9.59 Å². The summed E-state index contributed by atoms with van der Waals surface area (Å²) in [6.45, 7) is 9.95. The molecule has 26 heavy (non-hydrogen) atoms. The smallest absolute Gasteiger partial charge is 0.273 e. The number of rotatable bonds is 4. The fourth-order valence-electron chi connectivity index (χ4n) is 3.03. The first-order valence-electron chi connectivity index (χ1n) is 8.85. The van der Waals surface area contributed by atoms with Crippen LogP contribution in [-0.2, 0) is 4.79 Å². The van der Waals surface area contributed by atoms with Crippen LogP contribution in [0.2, 0.25) is 0 Å². The fraction of sp³-hybridized carbons (Fsp3) is 0.421. The lowest BCUT2D eigenvalue weighted by Gasteiger charge is -2.33. The molecule has 7 heteroatoms. The Morgan fingerprint density at radius 2 is 1.81 bits per heavy atom. The maximum atomic E-state index is 12.8. The lowest BCUT2D eigenvalue weighted by atomic mass is 10.2. The molecular weight excluding hydrogens is 348 g/mol. The number of carbonyl (C=O) groups is 2. The van der Waals surface area contributed by atoms with Crippen LogP contribution < -0.4 is 5.32 Å². The summed E-state index contributed by atoms with van der Waals surface area (Å²) in [5.74, 6) is -0.0745. The lowest BCUT2D eigenvalue weighted by molar-refractivity contribution is -0.114. The molecule has 3 rings (SSSR count). The van der Waals surface area contributed by atoms with Gasteiger partial charge in [0.1, 0.15) is 10.7 Å². The molecular formula is C19H24N4O2S. The third-order valence-electron chi connectivity index (χ3n) is 4.56. The lowest BCUT2D eigenvalue weighted by Crippen LogP contribution is -2.48. The molecule has 0 radical (unpaired) electrons. The molecule has 1 N–H and O–H groups in total. The maximum Gasteiger partial charge on any atom is 0.273 e. The number of hydrogen-bond acceptors (Lipinski definition) is 5. The zero-order chi connectivity index (χ0) is 18.7. The Morgan fingerprint density at radius 1 is 1.15 bits per heavy atom. The Kier molecular flexibility index (Phi) is 5.68. The number of aromatic nitrogens is 1. The monoisotopic (exact) mass is 372 g/mol. The Bertz CT molecular complexity index is 792. The molecule has 1 fully saturated rings. The minimum Gasteiger partial charge on any atom is -0.335 e. The highest BCUT2D eigenvalue weighted by Crippen LogP contribution is 2.29. The number of piperazine rings is 1. The molecule has 2 amide bonds. The van der Waals surface area contributed by atoms with Gasteiger partial charge in [0, 0.05) is 49.2 Å². The molecule has 1 aromatic carbocycles. The van der Waals surface area contributed by atoms with Crippen molar-refractivity contribution < 1.29 is 9.59 Å². The summed E-state index contributed by atoms with van der Waals surface area (Å²) in [4.78, 5) is 33.8. The molecule has 1 saturated heterocycles. The summed E-state index contributed by atoms with van der Waals surface area (Å²) in [6.07, 6.45) is 0. The number of nitrogens with zero attached hydrogens (tertiary/aromatic N) is 3. The highest BCUT2D eigenvalue weighted by atomic mass is 32.1. The van der Waals surface area contributed by atoms with Crippen molar-refractivity contribution >= 4 is 28.8 Å². The number of nitrogens with one attached hydrogen (secondary N) is 1. The van der Waals surface area contributed by atoms with Gasteiger partial charge in [0.25, 0.3) is 5.91 Å². The van der Waals surface area contributed by atoms with Gasteiger partial charge in [-0.1, -0.05) is 6.92 Å². The topological polar surface area (TPSA) is 65.5 Å². The zero-order valence-electron chi connectivity index (χ0n) is 15.4. The first kappa shape index (κ1) is 18.5. The molecule has 2 heterocycles. The third kappa shape index (κ3) is 4.11. The molecule has 1 aliphatic heterocycles. The second kappa shape index (κ2) is 7.97. The molecule has 1 aliphatic rings. The molecule has 0 bridgehead atoms. The van der Waals surface area contributed by atoms with Gasteiger partial charge in [-0.05, 0) is 37.7 Å². The van der Waals surface area contributed by atoms with Gasteiger partial charge >= 0.3 is 0 Å². The molecule has 0 atom stereocenters. The normalized spacial score (nSPS) is 15.1. The number of aryl methyl sites for hydroxylation is 1. The van der Waals surface area contributed by atoms with Gasteiger partial charge in [-0.25, -0.2) is 4.98 Å². The second-order valence-electron chi connectivity index (χ2n) is 6.41. The van der Waals surface area contributed by atoms with Gasteiger partial charge in [0.2, 0.25) is 5.91 Å². The van der Waals surface area contributed by atoms with E-state index in [1.807, 2.05) is 36.1 Å². The Morgan fingerprint density at radius 3 is 2.38 bits per heavy atom. The van der Waals surface area contributed by atoms with Crippen molar-refractivity contribution in [2.45, 2.75) is 20.8 Å². The summed E-state index contributed by atoms with van der Waals surface area (Å²) in [5.41, 5.74) is 2.25. The quantitative estimate of drug-likeness (QED) is 0.896. The minimum atomic E-state index is -0.0982. The van der Waals surface area contributed by atoms with Crippen molar-refractivity contribution in [2.75, 3.05) is 38.0 Å². The first-order valence-corrected chi connectivity index (χ1v) is 9.66. The number of likely N-dealkylation sites (N-methyl/N-ethyl adjacent to an activating group) is 1. The number of carbonyl (C=O) groups excluding carboxylic acids is 2. The standard InChI is InChI=1S/C19H24N4O2S/c1-4-22-9-11-23(12-10-22)19(25)17-13(2)26-18(21-17)15-5-7-16(8-6-15)20-14(3)24/h5-8H,4,9-12H2,1-3H3,(H,20,24). The molecule has 2 aromatic rings. The molecule has 0 spiro atoms. The van der Waals surface area contributed by atoms with Crippen LogP contribution in [0.5, 0.6) is 0 Å². The summed E-state index contributed by atoms with van der Waals surface area (Å²) in [7, 11) is 0. The summed E-state index contributed by atoms with van der Waals surface area (Å²) in [5, 5.41) is 3.58. The van der Waals surface area contributed by atoms with Crippen molar-refractivity contribution in [1.82, 2.24) is 14.8 Å². The van der Waals surface area contributed by atoms with Crippen LogP contribution >= 0.6 is 11.3 Å². The molecule has 0 unspecified atom stereocenters. The van der Waals surface area contributed by atoms with E-state index in [1.165, 1.54) is 18.3 Å². The molecule has 0 aliphatic carbocycles. The molecule has 138 valence electrons. The van der Waals surface area contributed by atoms with Gasteiger partial charge in [-0.2, -0.15) is 0 Å². The average molecular weight is 372 g/mol. The third-order valence-corrected chi connectivity index (χ3v) is 5.58. The van der Waals surface area contributed by atoms with E-state index in [2.05, 4.69) is 22.1 Å². The highest BCUT2D eigenvalue weighted by Gasteiger charge is 2.25. The Labute approximate surface area is 157 Å². The van der Waals surface area contributed by atoms with Gasteiger partial charge in [0.05, 0.1) is 0 Å². The Balaban J connectivity index is 1.74. The van der Waals surface area contributed by atoms with E-state index in [-0.39, 0.29) is 11.8 Å². The summed E-state index contributed by atoms with van der Waals surface area (Å²) >= 11 is 1.53. The van der Waals surface area contributed by atoms with Gasteiger partial charge < -0.3 is 15.1 Å². The van der Waals surface area contributed by atoms with Crippen LogP contribution in [0.15, 0.2) is 24.3 Å².